The van der Waals surface area contributed by atoms with E-state index in [9.17, 15) is 4.79 Å². The van der Waals surface area contributed by atoms with Crippen LogP contribution in [0.1, 0.15) is 40.0 Å². The minimum atomic E-state index is -0.435. The summed E-state index contributed by atoms with van der Waals surface area (Å²) in [5.74, 6) is 0. The maximum atomic E-state index is 12.0. The molecule has 1 amide bonds. The maximum absolute atomic E-state index is 12.0. The lowest BCUT2D eigenvalue weighted by Gasteiger charge is -2.41. The number of nitrogens with zero attached hydrogens (tertiary/aromatic N) is 1. The van der Waals surface area contributed by atoms with Gasteiger partial charge in [-0.25, -0.2) is 4.79 Å². The van der Waals surface area contributed by atoms with Crippen LogP contribution >= 0.6 is 0 Å². The van der Waals surface area contributed by atoms with Crippen molar-refractivity contribution in [3.8, 4) is 0 Å². The van der Waals surface area contributed by atoms with E-state index in [0.717, 1.165) is 39.0 Å². The van der Waals surface area contributed by atoms with Gasteiger partial charge in [0.25, 0.3) is 0 Å². The molecular weight excluding hydrogens is 244 g/mol. The van der Waals surface area contributed by atoms with Crippen molar-refractivity contribution in [1.29, 1.82) is 0 Å². The molecule has 0 aromatic rings. The molecule has 2 N–H and O–H groups in total. The SMILES string of the molecule is COCCC1(CN)CCN(C(=O)OC(C)(C)C)CC1. The minimum Gasteiger partial charge on any atom is -0.444 e. The summed E-state index contributed by atoms with van der Waals surface area (Å²) in [6.45, 7) is 8.47. The van der Waals surface area contributed by atoms with Gasteiger partial charge in [-0.1, -0.05) is 0 Å². The molecule has 0 radical (unpaired) electrons. The number of hydrogen-bond donors (Lipinski definition) is 1. The third kappa shape index (κ3) is 4.99. The summed E-state index contributed by atoms with van der Waals surface area (Å²) >= 11 is 0. The van der Waals surface area contributed by atoms with E-state index in [1.807, 2.05) is 20.8 Å². The Morgan fingerprint density at radius 2 is 1.89 bits per heavy atom. The zero-order valence-corrected chi connectivity index (χ0v) is 12.7. The third-order valence-corrected chi connectivity index (χ3v) is 3.75. The Morgan fingerprint density at radius 3 is 2.32 bits per heavy atom. The summed E-state index contributed by atoms with van der Waals surface area (Å²) in [7, 11) is 1.71. The van der Waals surface area contributed by atoms with Crippen molar-refractivity contribution in [2.75, 3.05) is 33.4 Å². The molecule has 0 aliphatic carbocycles. The lowest BCUT2D eigenvalue weighted by atomic mass is 9.76. The Bertz CT molecular complexity index is 292. The molecule has 1 saturated heterocycles. The van der Waals surface area contributed by atoms with Crippen LogP contribution in [0.15, 0.2) is 0 Å². The van der Waals surface area contributed by atoms with Crippen LogP contribution in [-0.4, -0.2) is 49.9 Å². The highest BCUT2D eigenvalue weighted by Gasteiger charge is 2.35. The number of rotatable bonds is 4. The largest absolute Gasteiger partial charge is 0.444 e. The van der Waals surface area contributed by atoms with Crippen LogP contribution < -0.4 is 5.73 Å². The molecule has 0 spiro atoms. The van der Waals surface area contributed by atoms with E-state index in [1.165, 1.54) is 0 Å². The third-order valence-electron chi connectivity index (χ3n) is 3.75. The molecule has 1 rings (SSSR count). The molecule has 19 heavy (non-hydrogen) atoms. The van der Waals surface area contributed by atoms with Crippen molar-refractivity contribution in [2.45, 2.75) is 45.6 Å². The van der Waals surface area contributed by atoms with Crippen LogP contribution in [0.2, 0.25) is 0 Å². The lowest BCUT2D eigenvalue weighted by molar-refractivity contribution is 0.00684. The Balaban J connectivity index is 2.49. The highest BCUT2D eigenvalue weighted by Crippen LogP contribution is 2.34. The number of likely N-dealkylation sites (tertiary alicyclic amines) is 1. The molecule has 1 aliphatic heterocycles. The molecule has 0 unspecified atom stereocenters. The van der Waals surface area contributed by atoms with Gasteiger partial charge in [-0.2, -0.15) is 0 Å². The van der Waals surface area contributed by atoms with Crippen LogP contribution in [-0.2, 0) is 9.47 Å². The topological polar surface area (TPSA) is 64.8 Å². The van der Waals surface area contributed by atoms with Crippen LogP contribution in [0.5, 0.6) is 0 Å². The van der Waals surface area contributed by atoms with Crippen LogP contribution in [0.25, 0.3) is 0 Å². The number of methoxy groups -OCH3 is 1. The standard InChI is InChI=1S/C14H28N2O3/c1-13(2,3)19-12(17)16-8-5-14(11-15,6-9-16)7-10-18-4/h5-11,15H2,1-4H3. The Hall–Kier alpha value is -0.810. The second kappa shape index (κ2) is 6.57. The second-order valence-electron chi connectivity index (χ2n) is 6.41. The first-order valence-corrected chi connectivity index (χ1v) is 6.99. The van der Waals surface area contributed by atoms with Gasteiger partial charge in [-0.3, -0.25) is 0 Å². The van der Waals surface area contributed by atoms with Crippen LogP contribution in [0, 0.1) is 5.41 Å². The van der Waals surface area contributed by atoms with Crippen molar-refractivity contribution in [3.63, 3.8) is 0 Å². The monoisotopic (exact) mass is 272 g/mol. The normalized spacial score (nSPS) is 19.3. The van der Waals surface area contributed by atoms with Gasteiger partial charge in [0.2, 0.25) is 0 Å². The van der Waals surface area contributed by atoms with Gasteiger partial charge in [0.1, 0.15) is 5.60 Å². The number of carbonyl (C=O) groups excluding carboxylic acids is 1. The predicted molar refractivity (Wildman–Crippen MR) is 75.0 cm³/mol. The highest BCUT2D eigenvalue weighted by atomic mass is 16.6. The maximum Gasteiger partial charge on any atom is 0.410 e. The first-order chi connectivity index (χ1) is 8.82. The van der Waals surface area contributed by atoms with Crippen molar-refractivity contribution in [1.82, 2.24) is 4.90 Å². The fourth-order valence-electron chi connectivity index (χ4n) is 2.36. The predicted octanol–water partition coefficient (Wildman–Crippen LogP) is 2.00. The second-order valence-corrected chi connectivity index (χ2v) is 6.41. The van der Waals surface area contributed by atoms with Crippen LogP contribution in [0.4, 0.5) is 4.79 Å². The lowest BCUT2D eigenvalue weighted by Crippen LogP contribution is -2.47. The molecule has 1 fully saturated rings. The fraction of sp³-hybridized carbons (Fsp3) is 0.929. The number of carbonyl (C=O) groups is 1. The zero-order valence-electron chi connectivity index (χ0n) is 12.7. The average Bonchev–Trinajstić information content (AvgIpc) is 2.35. The van der Waals surface area contributed by atoms with E-state index in [0.29, 0.717) is 6.54 Å². The number of ether oxygens (including phenoxy) is 2. The van der Waals surface area contributed by atoms with E-state index in [1.54, 1.807) is 12.0 Å². The molecule has 1 heterocycles. The summed E-state index contributed by atoms with van der Waals surface area (Å²) in [5.41, 5.74) is 5.60. The molecule has 112 valence electrons. The van der Waals surface area contributed by atoms with Gasteiger partial charge >= 0.3 is 6.09 Å². The average molecular weight is 272 g/mol. The smallest absolute Gasteiger partial charge is 0.410 e. The van der Waals surface area contributed by atoms with Crippen molar-refractivity contribution in [2.24, 2.45) is 11.1 Å². The molecule has 0 saturated carbocycles. The quantitative estimate of drug-likeness (QED) is 0.850. The molecule has 5 heteroatoms. The summed E-state index contributed by atoms with van der Waals surface area (Å²) in [4.78, 5) is 13.8. The van der Waals surface area contributed by atoms with E-state index in [-0.39, 0.29) is 11.5 Å². The van der Waals surface area contributed by atoms with Gasteiger partial charge in [-0.05, 0) is 52.0 Å². The molecule has 1 aliphatic rings. The molecular formula is C14H28N2O3. The van der Waals surface area contributed by atoms with Crippen LogP contribution in [0.3, 0.4) is 0 Å². The first kappa shape index (κ1) is 16.2. The Labute approximate surface area is 116 Å². The molecule has 0 aromatic heterocycles. The number of nitrogens with two attached hydrogens (primary N) is 1. The van der Waals surface area contributed by atoms with E-state index >= 15 is 0 Å². The summed E-state index contributed by atoms with van der Waals surface area (Å²) in [6, 6.07) is 0. The number of piperidine rings is 1. The zero-order chi connectivity index (χ0) is 14.5. The molecule has 0 atom stereocenters. The van der Waals surface area contributed by atoms with Crippen molar-refractivity contribution in [3.05, 3.63) is 0 Å². The summed E-state index contributed by atoms with van der Waals surface area (Å²) < 4.78 is 10.5. The molecule has 0 bridgehead atoms. The number of hydrogen-bond acceptors (Lipinski definition) is 4. The summed E-state index contributed by atoms with van der Waals surface area (Å²) in [5, 5.41) is 0. The van der Waals surface area contributed by atoms with Crippen molar-refractivity contribution >= 4 is 6.09 Å². The van der Waals surface area contributed by atoms with E-state index in [2.05, 4.69) is 0 Å². The van der Waals surface area contributed by atoms with Gasteiger partial charge in [0, 0.05) is 26.8 Å². The Morgan fingerprint density at radius 1 is 1.32 bits per heavy atom. The summed E-state index contributed by atoms with van der Waals surface area (Å²) in [6.07, 6.45) is 2.59. The van der Waals surface area contributed by atoms with Gasteiger partial charge < -0.3 is 20.1 Å². The first-order valence-electron chi connectivity index (χ1n) is 6.99. The van der Waals surface area contributed by atoms with E-state index < -0.39 is 5.60 Å². The van der Waals surface area contributed by atoms with Gasteiger partial charge in [0.15, 0.2) is 0 Å². The Kier molecular flexibility index (Phi) is 5.62. The number of amides is 1. The van der Waals surface area contributed by atoms with Gasteiger partial charge in [0.05, 0.1) is 0 Å². The molecule has 5 nitrogen and oxygen atoms in total. The van der Waals surface area contributed by atoms with E-state index in [4.69, 9.17) is 15.2 Å². The van der Waals surface area contributed by atoms with Gasteiger partial charge in [-0.15, -0.1) is 0 Å². The van der Waals surface area contributed by atoms with Crippen molar-refractivity contribution < 1.29 is 14.3 Å². The highest BCUT2D eigenvalue weighted by molar-refractivity contribution is 5.68. The fourth-order valence-corrected chi connectivity index (χ4v) is 2.36. The molecule has 0 aromatic carbocycles. The minimum absolute atomic E-state index is 0.120.